The number of hydrogen-bond acceptors (Lipinski definition) is 3. The highest BCUT2D eigenvalue weighted by molar-refractivity contribution is 5.44. The van der Waals surface area contributed by atoms with Crippen molar-refractivity contribution in [3.63, 3.8) is 0 Å². The quantitative estimate of drug-likeness (QED) is 0.857. The van der Waals surface area contributed by atoms with Crippen molar-refractivity contribution < 1.29 is 0 Å². The smallest absolute Gasteiger partial charge is 0.128 e. The van der Waals surface area contributed by atoms with Gasteiger partial charge in [0.15, 0.2) is 0 Å². The summed E-state index contributed by atoms with van der Waals surface area (Å²) < 4.78 is 0. The molecule has 3 nitrogen and oxygen atoms in total. The number of likely N-dealkylation sites (N-methyl/N-ethyl adjacent to an activating group) is 1. The van der Waals surface area contributed by atoms with Gasteiger partial charge in [0, 0.05) is 25.2 Å². The Labute approximate surface area is 132 Å². The summed E-state index contributed by atoms with van der Waals surface area (Å²) in [5.41, 5.74) is 3.34. The molecular formula is C19H21N3. The molecule has 1 fully saturated rings. The van der Waals surface area contributed by atoms with E-state index in [1.807, 2.05) is 12.1 Å². The van der Waals surface area contributed by atoms with Crippen LogP contribution in [0.5, 0.6) is 0 Å². The molecule has 0 saturated heterocycles. The van der Waals surface area contributed by atoms with Gasteiger partial charge in [0.05, 0.1) is 5.56 Å². The van der Waals surface area contributed by atoms with Gasteiger partial charge in [-0.15, -0.1) is 0 Å². The van der Waals surface area contributed by atoms with Gasteiger partial charge in [-0.25, -0.2) is 4.98 Å². The average molecular weight is 291 g/mol. The molecule has 112 valence electrons. The van der Waals surface area contributed by atoms with Gasteiger partial charge in [0.2, 0.25) is 0 Å². The molecule has 0 radical (unpaired) electrons. The van der Waals surface area contributed by atoms with Crippen molar-refractivity contribution in [2.24, 2.45) is 0 Å². The van der Waals surface area contributed by atoms with Crippen LogP contribution in [-0.2, 0) is 0 Å². The van der Waals surface area contributed by atoms with Crippen molar-refractivity contribution in [2.75, 3.05) is 11.9 Å². The van der Waals surface area contributed by atoms with Crippen LogP contribution in [0, 0.1) is 18.3 Å². The molecule has 1 aromatic heterocycles. The first-order chi connectivity index (χ1) is 10.7. The number of hydrogen-bond donors (Lipinski definition) is 0. The van der Waals surface area contributed by atoms with E-state index in [-0.39, 0.29) is 0 Å². The second-order valence-electron chi connectivity index (χ2n) is 6.14. The van der Waals surface area contributed by atoms with Crippen LogP contribution in [0.1, 0.15) is 41.9 Å². The van der Waals surface area contributed by atoms with Crippen molar-refractivity contribution in [3.8, 4) is 6.07 Å². The third-order valence-corrected chi connectivity index (χ3v) is 4.72. The zero-order valence-electron chi connectivity index (χ0n) is 13.2. The first-order valence-corrected chi connectivity index (χ1v) is 7.84. The summed E-state index contributed by atoms with van der Waals surface area (Å²) in [6.45, 7) is 2.13. The summed E-state index contributed by atoms with van der Waals surface area (Å²) in [5.74, 6) is 1.51. The molecule has 1 saturated carbocycles. The van der Waals surface area contributed by atoms with Crippen molar-refractivity contribution in [3.05, 3.63) is 59.3 Å². The maximum atomic E-state index is 8.89. The fourth-order valence-corrected chi connectivity index (χ4v) is 3.44. The Morgan fingerprint density at radius 1 is 1.14 bits per heavy atom. The van der Waals surface area contributed by atoms with Gasteiger partial charge in [-0.1, -0.05) is 36.2 Å². The molecular weight excluding hydrogens is 270 g/mol. The molecule has 1 heterocycles. The average Bonchev–Trinajstić information content (AvgIpc) is 3.04. The van der Waals surface area contributed by atoms with Crippen molar-refractivity contribution >= 4 is 5.82 Å². The van der Waals surface area contributed by atoms with Crippen LogP contribution in [0.4, 0.5) is 5.82 Å². The Balaban J connectivity index is 1.82. The Morgan fingerprint density at radius 3 is 2.55 bits per heavy atom. The van der Waals surface area contributed by atoms with Gasteiger partial charge in [-0.2, -0.15) is 5.26 Å². The lowest BCUT2D eigenvalue weighted by atomic mass is 9.92. The number of pyridine rings is 1. The van der Waals surface area contributed by atoms with E-state index >= 15 is 0 Å². The maximum Gasteiger partial charge on any atom is 0.128 e. The van der Waals surface area contributed by atoms with E-state index in [4.69, 9.17) is 5.26 Å². The number of rotatable bonds is 3. The fraction of sp³-hybridized carbons (Fsp3) is 0.368. The first-order valence-electron chi connectivity index (χ1n) is 7.84. The molecule has 0 amide bonds. The summed E-state index contributed by atoms with van der Waals surface area (Å²) in [6, 6.07) is 15.3. The van der Waals surface area contributed by atoms with Crippen molar-refractivity contribution in [2.45, 2.75) is 38.1 Å². The summed E-state index contributed by atoms with van der Waals surface area (Å²) in [4.78, 5) is 6.72. The zero-order valence-corrected chi connectivity index (χ0v) is 13.2. The van der Waals surface area contributed by atoms with Gasteiger partial charge < -0.3 is 4.90 Å². The molecule has 0 aliphatic heterocycles. The number of benzene rings is 1. The van der Waals surface area contributed by atoms with Crippen LogP contribution in [0.2, 0.25) is 0 Å². The van der Waals surface area contributed by atoms with Gasteiger partial charge >= 0.3 is 0 Å². The second kappa shape index (κ2) is 6.19. The molecule has 22 heavy (non-hydrogen) atoms. The first kappa shape index (κ1) is 14.6. The monoisotopic (exact) mass is 291 g/mol. The Kier molecular flexibility index (Phi) is 4.11. The number of anilines is 1. The SMILES string of the molecule is Cc1ccc([C@H]2CCC[C@@H]2N(C)c2ccc(C#N)cn2)cc1. The van der Waals surface area contributed by atoms with Crippen molar-refractivity contribution in [1.29, 1.82) is 5.26 Å². The molecule has 0 N–H and O–H groups in total. The number of aryl methyl sites for hydroxylation is 1. The molecule has 1 aliphatic carbocycles. The Morgan fingerprint density at radius 2 is 1.91 bits per heavy atom. The highest BCUT2D eigenvalue weighted by Crippen LogP contribution is 2.38. The van der Waals surface area contributed by atoms with Crippen LogP contribution >= 0.6 is 0 Å². The van der Waals surface area contributed by atoms with E-state index in [2.05, 4.69) is 54.2 Å². The van der Waals surface area contributed by atoms with Gasteiger partial charge in [-0.3, -0.25) is 0 Å². The van der Waals surface area contributed by atoms with E-state index in [0.29, 0.717) is 17.5 Å². The summed E-state index contributed by atoms with van der Waals surface area (Å²) in [7, 11) is 2.12. The van der Waals surface area contributed by atoms with E-state index in [1.54, 1.807) is 6.20 Å². The molecule has 0 spiro atoms. The Hall–Kier alpha value is -2.34. The highest BCUT2D eigenvalue weighted by atomic mass is 15.2. The third-order valence-electron chi connectivity index (χ3n) is 4.72. The summed E-state index contributed by atoms with van der Waals surface area (Å²) in [6.07, 6.45) is 5.33. The fourth-order valence-electron chi connectivity index (χ4n) is 3.44. The minimum absolute atomic E-state index is 0.475. The lowest BCUT2D eigenvalue weighted by Crippen LogP contribution is -2.34. The van der Waals surface area contributed by atoms with E-state index in [1.165, 1.54) is 30.4 Å². The minimum Gasteiger partial charge on any atom is -0.356 e. The van der Waals surface area contributed by atoms with Gasteiger partial charge in [0.1, 0.15) is 11.9 Å². The minimum atomic E-state index is 0.475. The molecule has 1 aliphatic rings. The van der Waals surface area contributed by atoms with E-state index < -0.39 is 0 Å². The molecule has 0 unspecified atom stereocenters. The van der Waals surface area contributed by atoms with E-state index in [9.17, 15) is 0 Å². The maximum absolute atomic E-state index is 8.89. The van der Waals surface area contributed by atoms with Crippen LogP contribution < -0.4 is 4.90 Å². The normalized spacial score (nSPS) is 20.6. The lowest BCUT2D eigenvalue weighted by molar-refractivity contribution is 0.575. The lowest BCUT2D eigenvalue weighted by Gasteiger charge is -2.31. The van der Waals surface area contributed by atoms with Crippen LogP contribution in [0.25, 0.3) is 0 Å². The number of nitriles is 1. The topological polar surface area (TPSA) is 39.9 Å². The molecule has 0 bridgehead atoms. The Bertz CT molecular complexity index is 667. The molecule has 2 atom stereocenters. The molecule has 3 heteroatoms. The zero-order chi connectivity index (χ0) is 15.5. The highest BCUT2D eigenvalue weighted by Gasteiger charge is 2.32. The third kappa shape index (κ3) is 2.82. The second-order valence-corrected chi connectivity index (χ2v) is 6.14. The van der Waals surface area contributed by atoms with Crippen LogP contribution in [0.15, 0.2) is 42.6 Å². The van der Waals surface area contributed by atoms with Crippen molar-refractivity contribution in [1.82, 2.24) is 4.98 Å². The predicted octanol–water partition coefficient (Wildman–Crippen LogP) is 4.03. The summed E-state index contributed by atoms with van der Waals surface area (Å²) >= 11 is 0. The van der Waals surface area contributed by atoms with Crippen LogP contribution in [-0.4, -0.2) is 18.1 Å². The standard InChI is InChI=1S/C19H21N3/c1-14-6-9-16(10-7-14)17-4-3-5-18(17)22(2)19-11-8-15(12-20)13-21-19/h6-11,13,17-18H,3-5H2,1-2H3/t17-,18+/m1/s1. The van der Waals surface area contributed by atoms with E-state index in [0.717, 1.165) is 5.82 Å². The van der Waals surface area contributed by atoms with Crippen LogP contribution in [0.3, 0.4) is 0 Å². The largest absolute Gasteiger partial charge is 0.356 e. The molecule has 1 aromatic carbocycles. The van der Waals surface area contributed by atoms with Gasteiger partial charge in [-0.05, 0) is 37.5 Å². The summed E-state index contributed by atoms with van der Waals surface area (Å²) in [5, 5.41) is 8.89. The number of nitrogens with zero attached hydrogens (tertiary/aromatic N) is 3. The predicted molar refractivity (Wildman–Crippen MR) is 88.9 cm³/mol. The number of aromatic nitrogens is 1. The molecule has 2 aromatic rings. The van der Waals surface area contributed by atoms with Gasteiger partial charge in [0.25, 0.3) is 0 Å². The molecule has 3 rings (SSSR count).